The Morgan fingerprint density at radius 2 is 2.17 bits per heavy atom. The quantitative estimate of drug-likeness (QED) is 0.814. The molecule has 0 aliphatic heterocycles. The summed E-state index contributed by atoms with van der Waals surface area (Å²) in [5, 5.41) is 2.76. The minimum absolute atomic E-state index is 0.103. The van der Waals surface area contributed by atoms with Crippen LogP contribution < -0.4 is 15.8 Å². The molecule has 4 nitrogen and oxygen atoms in total. The summed E-state index contributed by atoms with van der Waals surface area (Å²) in [4.78, 5) is 11.1. The number of nitrogens with two attached hydrogens (primary N) is 1. The first-order chi connectivity index (χ1) is 8.56. The number of ether oxygens (including phenoxy) is 1. The van der Waals surface area contributed by atoms with E-state index in [1.54, 1.807) is 0 Å². The molecular weight excluding hydrogens is 228 g/mol. The van der Waals surface area contributed by atoms with Gasteiger partial charge in [-0.2, -0.15) is 0 Å². The SMILES string of the molecule is CCOc1cc(CC(N)CC)ccc1NC(C)=O. The maximum absolute atomic E-state index is 11.1. The average molecular weight is 250 g/mol. The largest absolute Gasteiger partial charge is 0.492 e. The van der Waals surface area contributed by atoms with E-state index in [1.807, 2.05) is 25.1 Å². The van der Waals surface area contributed by atoms with Crippen molar-refractivity contribution < 1.29 is 9.53 Å². The zero-order valence-corrected chi connectivity index (χ0v) is 11.3. The molecule has 18 heavy (non-hydrogen) atoms. The van der Waals surface area contributed by atoms with Gasteiger partial charge in [0.2, 0.25) is 5.91 Å². The molecule has 0 aliphatic rings. The Hall–Kier alpha value is -1.55. The minimum atomic E-state index is -0.103. The minimum Gasteiger partial charge on any atom is -0.492 e. The van der Waals surface area contributed by atoms with E-state index in [1.165, 1.54) is 6.92 Å². The smallest absolute Gasteiger partial charge is 0.221 e. The Morgan fingerprint density at radius 1 is 1.44 bits per heavy atom. The molecule has 1 aromatic carbocycles. The van der Waals surface area contributed by atoms with Crippen molar-refractivity contribution in [1.29, 1.82) is 0 Å². The van der Waals surface area contributed by atoms with E-state index in [9.17, 15) is 4.79 Å². The second-order valence-corrected chi connectivity index (χ2v) is 4.32. The summed E-state index contributed by atoms with van der Waals surface area (Å²) in [7, 11) is 0. The second-order valence-electron chi connectivity index (χ2n) is 4.32. The van der Waals surface area contributed by atoms with Gasteiger partial charge in [-0.05, 0) is 37.5 Å². The molecule has 4 heteroatoms. The van der Waals surface area contributed by atoms with E-state index < -0.39 is 0 Å². The zero-order chi connectivity index (χ0) is 13.5. The normalized spacial score (nSPS) is 12.0. The maximum Gasteiger partial charge on any atom is 0.221 e. The first-order valence-electron chi connectivity index (χ1n) is 6.35. The average Bonchev–Trinajstić information content (AvgIpc) is 2.32. The number of carbonyl (C=O) groups is 1. The van der Waals surface area contributed by atoms with Crippen LogP contribution in [0.5, 0.6) is 5.75 Å². The van der Waals surface area contributed by atoms with Gasteiger partial charge in [0, 0.05) is 13.0 Å². The monoisotopic (exact) mass is 250 g/mol. The van der Waals surface area contributed by atoms with Crippen molar-refractivity contribution in [3.63, 3.8) is 0 Å². The third kappa shape index (κ3) is 4.37. The summed E-state index contributed by atoms with van der Waals surface area (Å²) in [6.45, 7) is 6.04. The van der Waals surface area contributed by atoms with E-state index in [-0.39, 0.29) is 11.9 Å². The second kappa shape index (κ2) is 7.01. The third-order valence-corrected chi connectivity index (χ3v) is 2.68. The number of anilines is 1. The van der Waals surface area contributed by atoms with Crippen LogP contribution in [0.2, 0.25) is 0 Å². The van der Waals surface area contributed by atoms with Crippen molar-refractivity contribution in [2.75, 3.05) is 11.9 Å². The lowest BCUT2D eigenvalue weighted by Gasteiger charge is -2.14. The molecule has 0 heterocycles. The van der Waals surface area contributed by atoms with Crippen LogP contribution >= 0.6 is 0 Å². The topological polar surface area (TPSA) is 64.3 Å². The molecule has 0 aliphatic carbocycles. The Kier molecular flexibility index (Phi) is 5.65. The molecule has 0 radical (unpaired) electrons. The Bertz CT molecular complexity index is 405. The van der Waals surface area contributed by atoms with Crippen molar-refractivity contribution in [2.45, 2.75) is 39.7 Å². The van der Waals surface area contributed by atoms with Crippen molar-refractivity contribution in [2.24, 2.45) is 5.73 Å². The van der Waals surface area contributed by atoms with Crippen molar-refractivity contribution in [3.05, 3.63) is 23.8 Å². The summed E-state index contributed by atoms with van der Waals surface area (Å²) < 4.78 is 5.54. The van der Waals surface area contributed by atoms with Gasteiger partial charge in [-0.3, -0.25) is 4.79 Å². The number of rotatable bonds is 6. The van der Waals surface area contributed by atoms with Crippen molar-refractivity contribution >= 4 is 11.6 Å². The molecule has 1 aromatic rings. The van der Waals surface area contributed by atoms with E-state index in [0.29, 0.717) is 18.0 Å². The molecule has 1 amide bonds. The highest BCUT2D eigenvalue weighted by Gasteiger charge is 2.08. The first kappa shape index (κ1) is 14.5. The zero-order valence-electron chi connectivity index (χ0n) is 11.3. The van der Waals surface area contributed by atoms with E-state index in [4.69, 9.17) is 10.5 Å². The van der Waals surface area contributed by atoms with Crippen LogP contribution in [-0.2, 0) is 11.2 Å². The summed E-state index contributed by atoms with van der Waals surface area (Å²) in [5.74, 6) is 0.600. The lowest BCUT2D eigenvalue weighted by molar-refractivity contribution is -0.114. The fraction of sp³-hybridized carbons (Fsp3) is 0.500. The molecule has 0 saturated heterocycles. The lowest BCUT2D eigenvalue weighted by Crippen LogP contribution is -2.21. The van der Waals surface area contributed by atoms with E-state index >= 15 is 0 Å². The molecular formula is C14H22N2O2. The summed E-state index contributed by atoms with van der Waals surface area (Å²) in [6.07, 6.45) is 1.76. The molecule has 0 bridgehead atoms. The van der Waals surface area contributed by atoms with Gasteiger partial charge >= 0.3 is 0 Å². The van der Waals surface area contributed by atoms with Gasteiger partial charge in [-0.15, -0.1) is 0 Å². The van der Waals surface area contributed by atoms with Crippen molar-refractivity contribution in [1.82, 2.24) is 0 Å². The number of hydrogen-bond donors (Lipinski definition) is 2. The number of nitrogens with one attached hydrogen (secondary N) is 1. The summed E-state index contributed by atoms with van der Waals surface area (Å²) in [6, 6.07) is 5.95. The van der Waals surface area contributed by atoms with Crippen LogP contribution in [0.25, 0.3) is 0 Å². The third-order valence-electron chi connectivity index (χ3n) is 2.68. The van der Waals surface area contributed by atoms with Crippen LogP contribution in [0.15, 0.2) is 18.2 Å². The highest BCUT2D eigenvalue weighted by Crippen LogP contribution is 2.26. The number of benzene rings is 1. The van der Waals surface area contributed by atoms with E-state index in [0.717, 1.165) is 18.4 Å². The predicted octanol–water partition coefficient (Wildman–Crippen LogP) is 2.32. The van der Waals surface area contributed by atoms with Crippen LogP contribution in [0.4, 0.5) is 5.69 Å². The van der Waals surface area contributed by atoms with E-state index in [2.05, 4.69) is 12.2 Å². The van der Waals surface area contributed by atoms with Gasteiger partial charge in [0.25, 0.3) is 0 Å². The number of carbonyl (C=O) groups excluding carboxylic acids is 1. The Morgan fingerprint density at radius 3 is 2.72 bits per heavy atom. The van der Waals surface area contributed by atoms with Crippen LogP contribution in [0, 0.1) is 0 Å². The molecule has 100 valence electrons. The number of amides is 1. The Balaban J connectivity index is 2.91. The highest BCUT2D eigenvalue weighted by atomic mass is 16.5. The fourth-order valence-corrected chi connectivity index (χ4v) is 1.71. The first-order valence-corrected chi connectivity index (χ1v) is 6.35. The van der Waals surface area contributed by atoms with Gasteiger partial charge in [0.15, 0.2) is 0 Å². The van der Waals surface area contributed by atoms with Gasteiger partial charge in [-0.25, -0.2) is 0 Å². The van der Waals surface area contributed by atoms with Crippen LogP contribution in [-0.4, -0.2) is 18.6 Å². The fourth-order valence-electron chi connectivity index (χ4n) is 1.71. The molecule has 1 atom stereocenters. The molecule has 1 unspecified atom stereocenters. The van der Waals surface area contributed by atoms with Gasteiger partial charge < -0.3 is 15.8 Å². The molecule has 0 spiro atoms. The molecule has 0 fully saturated rings. The van der Waals surface area contributed by atoms with Crippen molar-refractivity contribution in [3.8, 4) is 5.75 Å². The maximum atomic E-state index is 11.1. The lowest BCUT2D eigenvalue weighted by atomic mass is 10.0. The van der Waals surface area contributed by atoms with Crippen LogP contribution in [0.3, 0.4) is 0 Å². The molecule has 0 aromatic heterocycles. The van der Waals surface area contributed by atoms with Gasteiger partial charge in [0.05, 0.1) is 12.3 Å². The molecule has 0 saturated carbocycles. The molecule has 1 rings (SSSR count). The summed E-state index contributed by atoms with van der Waals surface area (Å²) in [5.41, 5.74) is 7.77. The van der Waals surface area contributed by atoms with Gasteiger partial charge in [-0.1, -0.05) is 13.0 Å². The summed E-state index contributed by atoms with van der Waals surface area (Å²) >= 11 is 0. The standard InChI is InChI=1S/C14H22N2O2/c1-4-12(15)8-11-6-7-13(16-10(3)17)14(9-11)18-5-2/h6-7,9,12H,4-5,8,15H2,1-3H3,(H,16,17). The molecule has 3 N–H and O–H groups in total. The highest BCUT2D eigenvalue weighted by molar-refractivity contribution is 5.90. The van der Waals surface area contributed by atoms with Gasteiger partial charge in [0.1, 0.15) is 5.75 Å². The van der Waals surface area contributed by atoms with Crippen LogP contribution in [0.1, 0.15) is 32.8 Å². The Labute approximate surface area is 109 Å². The number of hydrogen-bond acceptors (Lipinski definition) is 3. The predicted molar refractivity (Wildman–Crippen MR) is 73.9 cm³/mol.